The summed E-state index contributed by atoms with van der Waals surface area (Å²) >= 11 is 0. The SMILES string of the molecule is O=C(O)c1ccc([S+](c2ccccc2)c2ccc(OC(F)(F)F)cc2)cc1. The van der Waals surface area contributed by atoms with Gasteiger partial charge in [-0.05, 0) is 60.7 Å². The number of rotatable bonds is 5. The van der Waals surface area contributed by atoms with Crippen molar-refractivity contribution in [1.29, 1.82) is 0 Å². The van der Waals surface area contributed by atoms with Crippen LogP contribution in [0.4, 0.5) is 13.2 Å². The molecule has 1 unspecified atom stereocenters. The minimum atomic E-state index is -4.74. The van der Waals surface area contributed by atoms with Gasteiger partial charge in [0.2, 0.25) is 0 Å². The largest absolute Gasteiger partial charge is 0.573 e. The monoisotopic (exact) mass is 391 g/mol. The zero-order valence-corrected chi connectivity index (χ0v) is 14.6. The molecular formula is C20H14F3O3S+. The molecular weight excluding hydrogens is 377 g/mol. The fourth-order valence-electron chi connectivity index (χ4n) is 2.48. The predicted octanol–water partition coefficient (Wildman–Crippen LogP) is 5.38. The van der Waals surface area contributed by atoms with E-state index in [0.717, 1.165) is 14.7 Å². The highest BCUT2D eigenvalue weighted by Gasteiger charge is 2.32. The number of alkyl halides is 3. The number of hydrogen-bond acceptors (Lipinski definition) is 2. The molecule has 138 valence electrons. The van der Waals surface area contributed by atoms with Gasteiger partial charge in [0.05, 0.1) is 16.5 Å². The number of carbonyl (C=O) groups is 1. The van der Waals surface area contributed by atoms with E-state index in [1.165, 1.54) is 24.3 Å². The highest BCUT2D eigenvalue weighted by atomic mass is 32.2. The number of hydrogen-bond donors (Lipinski definition) is 1. The Hall–Kier alpha value is -2.93. The maximum Gasteiger partial charge on any atom is 0.573 e. The molecule has 0 aromatic heterocycles. The lowest BCUT2D eigenvalue weighted by atomic mass is 10.2. The average Bonchev–Trinajstić information content (AvgIpc) is 2.63. The zero-order chi connectivity index (χ0) is 19.4. The van der Waals surface area contributed by atoms with Crippen LogP contribution < -0.4 is 4.74 Å². The predicted molar refractivity (Wildman–Crippen MR) is 95.1 cm³/mol. The van der Waals surface area contributed by atoms with Gasteiger partial charge in [0.25, 0.3) is 0 Å². The number of halogens is 3. The Balaban J connectivity index is 1.99. The molecule has 0 bridgehead atoms. The number of benzene rings is 3. The highest BCUT2D eigenvalue weighted by molar-refractivity contribution is 7.97. The minimum absolute atomic E-state index is 0.171. The van der Waals surface area contributed by atoms with E-state index in [9.17, 15) is 18.0 Å². The first-order chi connectivity index (χ1) is 12.8. The van der Waals surface area contributed by atoms with E-state index < -0.39 is 23.2 Å². The van der Waals surface area contributed by atoms with Gasteiger partial charge in [0.1, 0.15) is 5.75 Å². The molecule has 0 saturated carbocycles. The Labute approximate surface area is 156 Å². The Morgan fingerprint density at radius 2 is 1.26 bits per heavy atom. The molecule has 1 N–H and O–H groups in total. The number of carboxylic acid groups (broad SMARTS) is 1. The molecule has 0 saturated heterocycles. The van der Waals surface area contributed by atoms with E-state index in [0.29, 0.717) is 0 Å². The lowest BCUT2D eigenvalue weighted by molar-refractivity contribution is -0.274. The molecule has 0 heterocycles. The van der Waals surface area contributed by atoms with E-state index in [1.54, 1.807) is 24.3 Å². The smallest absolute Gasteiger partial charge is 0.478 e. The number of aromatic carboxylic acids is 1. The van der Waals surface area contributed by atoms with Crippen molar-refractivity contribution in [2.75, 3.05) is 0 Å². The topological polar surface area (TPSA) is 46.5 Å². The second-order valence-corrected chi connectivity index (χ2v) is 7.49. The van der Waals surface area contributed by atoms with Gasteiger partial charge < -0.3 is 9.84 Å². The summed E-state index contributed by atoms with van der Waals surface area (Å²) in [6.07, 6.45) is -4.74. The first-order valence-electron chi connectivity index (χ1n) is 7.82. The fourth-order valence-corrected chi connectivity index (χ4v) is 4.54. The summed E-state index contributed by atoms with van der Waals surface area (Å²) in [7, 11) is -0.597. The van der Waals surface area contributed by atoms with Gasteiger partial charge in [-0.25, -0.2) is 4.79 Å². The third-order valence-corrected chi connectivity index (χ3v) is 5.84. The summed E-state index contributed by atoms with van der Waals surface area (Å²) in [6, 6.07) is 21.7. The summed E-state index contributed by atoms with van der Waals surface area (Å²) in [4.78, 5) is 13.7. The van der Waals surface area contributed by atoms with Crippen molar-refractivity contribution >= 4 is 16.9 Å². The van der Waals surface area contributed by atoms with Crippen molar-refractivity contribution in [2.24, 2.45) is 0 Å². The van der Waals surface area contributed by atoms with E-state index in [1.807, 2.05) is 30.3 Å². The fraction of sp³-hybridized carbons (Fsp3) is 0.0500. The standard InChI is InChI=1S/C20H13F3O3S/c21-20(22,23)26-15-8-12-18(13-9-15)27(16-4-2-1-3-5-16)17-10-6-14(7-11-17)19(24)25/h1-13H/p+1. The van der Waals surface area contributed by atoms with Gasteiger partial charge in [0.15, 0.2) is 14.7 Å². The minimum Gasteiger partial charge on any atom is -0.478 e. The second kappa shape index (κ2) is 7.75. The molecule has 3 nitrogen and oxygen atoms in total. The molecule has 0 aliphatic rings. The Bertz CT molecular complexity index is 908. The van der Waals surface area contributed by atoms with Gasteiger partial charge in [-0.15, -0.1) is 13.2 Å². The van der Waals surface area contributed by atoms with Crippen LogP contribution in [0.1, 0.15) is 10.4 Å². The van der Waals surface area contributed by atoms with E-state index in [2.05, 4.69) is 4.74 Å². The van der Waals surface area contributed by atoms with Crippen molar-refractivity contribution in [3.8, 4) is 5.75 Å². The molecule has 0 spiro atoms. The van der Waals surface area contributed by atoms with E-state index in [-0.39, 0.29) is 11.3 Å². The molecule has 1 atom stereocenters. The van der Waals surface area contributed by atoms with Crippen LogP contribution in [-0.4, -0.2) is 17.4 Å². The molecule has 27 heavy (non-hydrogen) atoms. The molecule has 0 radical (unpaired) electrons. The second-order valence-electron chi connectivity index (χ2n) is 5.47. The molecule has 3 aromatic carbocycles. The van der Waals surface area contributed by atoms with Crippen molar-refractivity contribution < 1.29 is 27.8 Å². The Morgan fingerprint density at radius 3 is 1.74 bits per heavy atom. The first-order valence-corrected chi connectivity index (χ1v) is 9.04. The molecule has 0 aliphatic heterocycles. The van der Waals surface area contributed by atoms with Crippen molar-refractivity contribution in [1.82, 2.24) is 0 Å². The van der Waals surface area contributed by atoms with Gasteiger partial charge in [-0.2, -0.15) is 0 Å². The summed E-state index contributed by atoms with van der Waals surface area (Å²) in [6.45, 7) is 0. The molecule has 0 amide bonds. The van der Waals surface area contributed by atoms with Crippen LogP contribution in [-0.2, 0) is 10.9 Å². The van der Waals surface area contributed by atoms with Crippen LogP contribution in [0.5, 0.6) is 5.75 Å². The zero-order valence-electron chi connectivity index (χ0n) is 13.8. The summed E-state index contributed by atoms with van der Waals surface area (Å²) < 4.78 is 41.0. The van der Waals surface area contributed by atoms with Crippen LogP contribution in [0.3, 0.4) is 0 Å². The van der Waals surface area contributed by atoms with E-state index in [4.69, 9.17) is 5.11 Å². The average molecular weight is 391 g/mol. The maximum atomic E-state index is 12.4. The normalized spacial score (nSPS) is 12.4. The van der Waals surface area contributed by atoms with Gasteiger partial charge in [-0.3, -0.25) is 0 Å². The molecule has 3 rings (SSSR count). The third-order valence-electron chi connectivity index (χ3n) is 3.61. The lowest BCUT2D eigenvalue weighted by Gasteiger charge is -2.11. The molecule has 7 heteroatoms. The van der Waals surface area contributed by atoms with Crippen LogP contribution in [0.2, 0.25) is 0 Å². The lowest BCUT2D eigenvalue weighted by Crippen LogP contribution is -2.17. The van der Waals surface area contributed by atoms with Crippen LogP contribution in [0.15, 0.2) is 93.5 Å². The Kier molecular flexibility index (Phi) is 5.41. The van der Waals surface area contributed by atoms with Crippen molar-refractivity contribution in [3.05, 3.63) is 84.4 Å². The van der Waals surface area contributed by atoms with Gasteiger partial charge in [0, 0.05) is 0 Å². The molecule has 0 aliphatic carbocycles. The number of carboxylic acids is 1. The van der Waals surface area contributed by atoms with Crippen LogP contribution in [0.25, 0.3) is 0 Å². The third kappa shape index (κ3) is 4.83. The summed E-state index contributed by atoms with van der Waals surface area (Å²) in [5.74, 6) is -1.31. The quantitative estimate of drug-likeness (QED) is 0.594. The maximum absolute atomic E-state index is 12.4. The number of ether oxygens (including phenoxy) is 1. The van der Waals surface area contributed by atoms with Gasteiger partial charge >= 0.3 is 12.3 Å². The van der Waals surface area contributed by atoms with Crippen LogP contribution in [0, 0.1) is 0 Å². The van der Waals surface area contributed by atoms with Crippen molar-refractivity contribution in [3.63, 3.8) is 0 Å². The summed E-state index contributed by atoms with van der Waals surface area (Å²) in [5, 5.41) is 9.07. The molecule has 0 fully saturated rings. The van der Waals surface area contributed by atoms with Crippen LogP contribution >= 0.6 is 0 Å². The van der Waals surface area contributed by atoms with Crippen molar-refractivity contribution in [2.45, 2.75) is 21.0 Å². The van der Waals surface area contributed by atoms with E-state index >= 15 is 0 Å². The first kappa shape index (κ1) is 18.8. The molecule has 3 aromatic rings. The van der Waals surface area contributed by atoms with Gasteiger partial charge in [-0.1, -0.05) is 18.2 Å². The highest BCUT2D eigenvalue weighted by Crippen LogP contribution is 2.33. The Morgan fingerprint density at radius 1 is 0.778 bits per heavy atom. The summed E-state index contributed by atoms with van der Waals surface area (Å²) in [5.41, 5.74) is 0.171.